The number of hydrogen-bond donors (Lipinski definition) is 3. The topological polar surface area (TPSA) is 107 Å². The fourth-order valence-electron chi connectivity index (χ4n) is 0. The fourth-order valence-corrected chi connectivity index (χ4v) is 0. The zero-order valence-electron chi connectivity index (χ0n) is 2.93. The molecular formula is CH6N2O3. The molecule has 0 aromatic carbocycles. The molecule has 0 radical (unpaired) electrons. The number of urea groups is 1. The minimum absolute atomic E-state index is 0. The molecule has 5 heteroatoms. The van der Waals surface area contributed by atoms with Crippen molar-refractivity contribution in [3.63, 3.8) is 0 Å². The van der Waals surface area contributed by atoms with Crippen molar-refractivity contribution in [2.45, 2.75) is 0 Å². The molecule has 0 aromatic heterocycles. The first kappa shape index (κ1) is 8.95. The van der Waals surface area contributed by atoms with Crippen molar-refractivity contribution in [1.29, 1.82) is 0 Å². The van der Waals surface area contributed by atoms with E-state index in [2.05, 4.69) is 5.73 Å². The summed E-state index contributed by atoms with van der Waals surface area (Å²) in [5.41, 5.74) is 5.46. The van der Waals surface area contributed by atoms with Crippen LogP contribution in [0.5, 0.6) is 0 Å². The van der Waals surface area contributed by atoms with Crippen LogP contribution in [0.2, 0.25) is 0 Å². The molecule has 0 aliphatic heterocycles. The zero-order valence-corrected chi connectivity index (χ0v) is 2.93. The number of carbonyl (C=O) groups excluding carboxylic acids is 1. The number of nitrogens with two attached hydrogens (primary N) is 1. The minimum Gasteiger partial charge on any atom is -0.412 e. The van der Waals surface area contributed by atoms with Gasteiger partial charge in [0.2, 0.25) is 0 Å². The Morgan fingerprint density at radius 3 is 2.00 bits per heavy atom. The molecule has 5 nitrogen and oxygen atoms in total. The van der Waals surface area contributed by atoms with E-state index in [0.717, 1.165) is 0 Å². The average Bonchev–Trinajstić information content (AvgIpc) is 1.38. The molecular weight excluding hydrogens is 88.0 g/mol. The average molecular weight is 94.1 g/mol. The lowest BCUT2D eigenvalue weighted by Gasteiger charge is -1.79. The SMILES string of the molecule is NC(=O)NO.O. The van der Waals surface area contributed by atoms with Gasteiger partial charge in [-0.3, -0.25) is 5.21 Å². The van der Waals surface area contributed by atoms with Crippen molar-refractivity contribution in [2.24, 2.45) is 5.73 Å². The Morgan fingerprint density at radius 1 is 1.83 bits per heavy atom. The van der Waals surface area contributed by atoms with Gasteiger partial charge in [-0.25, -0.2) is 10.3 Å². The Hall–Kier alpha value is -0.810. The standard InChI is InChI=1S/CH4N2O2.H2O/c2-1(4)3-5;/h5H,(H3,2,3,4);1H2. The van der Waals surface area contributed by atoms with Gasteiger partial charge in [0.25, 0.3) is 0 Å². The summed E-state index contributed by atoms with van der Waals surface area (Å²) >= 11 is 0. The molecule has 0 atom stereocenters. The second-order valence-electron chi connectivity index (χ2n) is 0.476. The van der Waals surface area contributed by atoms with Gasteiger partial charge >= 0.3 is 6.03 Å². The maximum absolute atomic E-state index is 9.23. The molecule has 0 bridgehead atoms. The first-order valence-electron chi connectivity index (χ1n) is 0.966. The zero-order chi connectivity index (χ0) is 4.28. The predicted octanol–water partition coefficient (Wildman–Crippen LogP) is -1.78. The number of primary amides is 1. The van der Waals surface area contributed by atoms with Crippen molar-refractivity contribution in [3.05, 3.63) is 0 Å². The predicted molar refractivity (Wildman–Crippen MR) is 18.1 cm³/mol. The first-order valence-corrected chi connectivity index (χ1v) is 0.966. The number of amides is 2. The summed E-state index contributed by atoms with van der Waals surface area (Å²) in [6, 6.07) is -0.940. The monoisotopic (exact) mass is 94.0 g/mol. The van der Waals surface area contributed by atoms with E-state index in [1.54, 1.807) is 0 Å². The van der Waals surface area contributed by atoms with Crippen LogP contribution in [-0.2, 0) is 0 Å². The van der Waals surface area contributed by atoms with Crippen molar-refractivity contribution < 1.29 is 15.5 Å². The number of hydroxylamine groups is 1. The van der Waals surface area contributed by atoms with Gasteiger partial charge in [-0.05, 0) is 0 Å². The van der Waals surface area contributed by atoms with E-state index >= 15 is 0 Å². The second-order valence-corrected chi connectivity index (χ2v) is 0.476. The third-order valence-electron chi connectivity index (χ3n) is 0.110. The highest BCUT2D eigenvalue weighted by Crippen LogP contribution is 1.38. The van der Waals surface area contributed by atoms with E-state index < -0.39 is 6.03 Å². The highest BCUT2D eigenvalue weighted by Gasteiger charge is 1.75. The molecule has 6 N–H and O–H groups in total. The molecule has 0 unspecified atom stereocenters. The number of rotatable bonds is 0. The van der Waals surface area contributed by atoms with Crippen molar-refractivity contribution in [1.82, 2.24) is 5.48 Å². The van der Waals surface area contributed by atoms with E-state index in [-0.39, 0.29) is 5.48 Å². The van der Waals surface area contributed by atoms with E-state index in [1.165, 1.54) is 5.48 Å². The molecule has 0 aliphatic rings. The van der Waals surface area contributed by atoms with Crippen molar-refractivity contribution >= 4 is 6.03 Å². The van der Waals surface area contributed by atoms with Gasteiger partial charge in [0.15, 0.2) is 0 Å². The van der Waals surface area contributed by atoms with E-state index in [1.807, 2.05) is 0 Å². The van der Waals surface area contributed by atoms with Crippen LogP contribution in [0.1, 0.15) is 0 Å². The van der Waals surface area contributed by atoms with Crippen LogP contribution in [0, 0.1) is 0 Å². The molecule has 0 rings (SSSR count). The van der Waals surface area contributed by atoms with Gasteiger partial charge < -0.3 is 11.2 Å². The molecule has 0 aromatic rings. The molecule has 0 heterocycles. The fraction of sp³-hybridized carbons (Fsp3) is 0. The van der Waals surface area contributed by atoms with Gasteiger partial charge in [0, 0.05) is 0 Å². The summed E-state index contributed by atoms with van der Waals surface area (Å²) in [7, 11) is 0. The second kappa shape index (κ2) is 4.19. The molecule has 2 amide bonds. The summed E-state index contributed by atoms with van der Waals surface area (Å²) < 4.78 is 0. The highest BCUT2D eigenvalue weighted by molar-refractivity contribution is 5.69. The van der Waals surface area contributed by atoms with Gasteiger partial charge in [0.05, 0.1) is 0 Å². The minimum atomic E-state index is -0.940. The summed E-state index contributed by atoms with van der Waals surface area (Å²) in [6.45, 7) is 0. The normalized spacial score (nSPS) is 5.50. The van der Waals surface area contributed by atoms with Crippen LogP contribution in [0.25, 0.3) is 0 Å². The first-order chi connectivity index (χ1) is 2.27. The summed E-state index contributed by atoms with van der Waals surface area (Å²) in [4.78, 5) is 9.23. The van der Waals surface area contributed by atoms with E-state index in [0.29, 0.717) is 0 Å². The molecule has 0 aliphatic carbocycles. The van der Waals surface area contributed by atoms with Crippen molar-refractivity contribution in [2.75, 3.05) is 0 Å². The van der Waals surface area contributed by atoms with Crippen molar-refractivity contribution in [3.8, 4) is 0 Å². The van der Waals surface area contributed by atoms with Gasteiger partial charge in [0.1, 0.15) is 0 Å². The lowest BCUT2D eigenvalue weighted by atomic mass is 11.2. The Labute approximate surface area is 34.0 Å². The van der Waals surface area contributed by atoms with Crippen LogP contribution in [0.4, 0.5) is 4.79 Å². The molecule has 0 fully saturated rings. The largest absolute Gasteiger partial charge is 0.412 e. The van der Waals surface area contributed by atoms with Gasteiger partial charge in [-0.1, -0.05) is 0 Å². The maximum atomic E-state index is 9.23. The smallest absolute Gasteiger partial charge is 0.335 e. The molecule has 0 spiro atoms. The summed E-state index contributed by atoms with van der Waals surface area (Å²) in [5.74, 6) is 0. The van der Waals surface area contributed by atoms with E-state index in [9.17, 15) is 4.79 Å². The Balaban J connectivity index is 0. The number of nitrogens with one attached hydrogen (secondary N) is 1. The Bertz CT molecular complexity index is 44.1. The van der Waals surface area contributed by atoms with Crippen LogP contribution in [0.15, 0.2) is 0 Å². The highest BCUT2D eigenvalue weighted by atomic mass is 16.5. The summed E-state index contributed by atoms with van der Waals surface area (Å²) in [6.07, 6.45) is 0. The Kier molecular flexibility index (Phi) is 6.25. The Morgan fingerprint density at radius 2 is 2.00 bits per heavy atom. The third-order valence-corrected chi connectivity index (χ3v) is 0.110. The third kappa shape index (κ3) is 10.8. The van der Waals surface area contributed by atoms with Crippen LogP contribution in [0.3, 0.4) is 0 Å². The van der Waals surface area contributed by atoms with Crippen LogP contribution >= 0.6 is 0 Å². The molecule has 6 heavy (non-hydrogen) atoms. The van der Waals surface area contributed by atoms with E-state index in [4.69, 9.17) is 5.21 Å². The quantitative estimate of drug-likeness (QED) is 0.244. The lowest BCUT2D eigenvalue weighted by molar-refractivity contribution is 0.169. The number of carbonyl (C=O) groups is 1. The van der Waals surface area contributed by atoms with Gasteiger partial charge in [-0.15, -0.1) is 0 Å². The number of hydrogen-bond acceptors (Lipinski definition) is 2. The molecule has 0 saturated heterocycles. The molecule has 0 saturated carbocycles. The lowest BCUT2D eigenvalue weighted by Crippen LogP contribution is -2.25. The van der Waals surface area contributed by atoms with Crippen LogP contribution in [-0.4, -0.2) is 16.7 Å². The van der Waals surface area contributed by atoms with Gasteiger partial charge in [-0.2, -0.15) is 0 Å². The summed E-state index contributed by atoms with van der Waals surface area (Å²) in [5, 5.41) is 7.42. The maximum Gasteiger partial charge on any atom is 0.335 e. The molecule has 38 valence electrons. The van der Waals surface area contributed by atoms with Crippen LogP contribution < -0.4 is 11.2 Å².